The Morgan fingerprint density at radius 3 is 2.93 bits per heavy atom. The van der Waals surface area contributed by atoms with Gasteiger partial charge in [0.05, 0.1) is 11.5 Å². The number of hydrogen-bond acceptors (Lipinski definition) is 5. The SMILES string of the molecule is CC1CCCN(c2nc3c(c(=O)[nH]2)C(C(=O)Nc2cccc(Cl)c2)CC(=O)N3)C1. The Hall–Kier alpha value is -2.87. The molecule has 2 unspecified atom stereocenters. The lowest BCUT2D eigenvalue weighted by molar-refractivity contribution is -0.123. The zero-order chi connectivity index (χ0) is 20.5. The van der Waals surface area contributed by atoms with E-state index in [0.29, 0.717) is 22.6 Å². The van der Waals surface area contributed by atoms with Gasteiger partial charge in [0.2, 0.25) is 17.8 Å². The number of hydrogen-bond donors (Lipinski definition) is 3. The van der Waals surface area contributed by atoms with Gasteiger partial charge in [-0.3, -0.25) is 19.4 Å². The van der Waals surface area contributed by atoms with Crippen LogP contribution >= 0.6 is 11.6 Å². The van der Waals surface area contributed by atoms with Crippen molar-refractivity contribution in [1.29, 1.82) is 0 Å². The van der Waals surface area contributed by atoms with Crippen molar-refractivity contribution < 1.29 is 9.59 Å². The largest absolute Gasteiger partial charge is 0.342 e. The van der Waals surface area contributed by atoms with Crippen molar-refractivity contribution >= 4 is 40.9 Å². The van der Waals surface area contributed by atoms with Crippen LogP contribution in [-0.4, -0.2) is 34.9 Å². The van der Waals surface area contributed by atoms with Gasteiger partial charge in [-0.05, 0) is 37.0 Å². The molecule has 2 aromatic rings. The number of anilines is 3. The first-order chi connectivity index (χ1) is 13.9. The molecule has 0 radical (unpaired) electrons. The molecule has 2 aliphatic heterocycles. The van der Waals surface area contributed by atoms with E-state index in [-0.39, 0.29) is 23.7 Å². The average molecular weight is 416 g/mol. The fourth-order valence-electron chi connectivity index (χ4n) is 3.91. The smallest absolute Gasteiger partial charge is 0.258 e. The van der Waals surface area contributed by atoms with Crippen molar-refractivity contribution in [3.63, 3.8) is 0 Å². The number of benzene rings is 1. The standard InChI is InChI=1S/C20H22ClN5O3/c1-11-4-3-7-26(10-11)20-24-17-16(19(29)25-20)14(9-15(27)23-17)18(28)22-13-6-2-5-12(21)8-13/h2,5-6,8,11,14H,3-4,7,9-10H2,1H3,(H,22,28)(H2,23,24,25,27,29). The highest BCUT2D eigenvalue weighted by atomic mass is 35.5. The van der Waals surface area contributed by atoms with E-state index in [0.717, 1.165) is 25.9 Å². The number of H-pyrrole nitrogens is 1. The number of carbonyl (C=O) groups excluding carboxylic acids is 2. The lowest BCUT2D eigenvalue weighted by atomic mass is 9.92. The molecule has 9 heteroatoms. The maximum absolute atomic E-state index is 12.9. The number of nitrogens with zero attached hydrogens (tertiary/aromatic N) is 2. The van der Waals surface area contributed by atoms with Gasteiger partial charge in [-0.1, -0.05) is 24.6 Å². The van der Waals surface area contributed by atoms with Crippen LogP contribution in [0.15, 0.2) is 29.1 Å². The van der Waals surface area contributed by atoms with E-state index in [9.17, 15) is 14.4 Å². The minimum atomic E-state index is -0.927. The quantitative estimate of drug-likeness (QED) is 0.714. The molecule has 0 aliphatic carbocycles. The van der Waals surface area contributed by atoms with E-state index in [1.807, 2.05) is 4.90 Å². The van der Waals surface area contributed by atoms with Crippen molar-refractivity contribution in [2.45, 2.75) is 32.1 Å². The number of piperidine rings is 1. The lowest BCUT2D eigenvalue weighted by Crippen LogP contribution is -2.40. The molecule has 3 heterocycles. The molecule has 1 aromatic carbocycles. The third-order valence-electron chi connectivity index (χ3n) is 5.30. The third kappa shape index (κ3) is 4.12. The van der Waals surface area contributed by atoms with Crippen molar-refractivity contribution in [2.75, 3.05) is 28.6 Å². The Balaban J connectivity index is 1.65. The monoisotopic (exact) mass is 415 g/mol. The molecule has 2 amide bonds. The Bertz CT molecular complexity index is 1020. The van der Waals surface area contributed by atoms with Crippen molar-refractivity contribution in [3.8, 4) is 0 Å². The second-order valence-corrected chi connectivity index (χ2v) is 8.09. The van der Waals surface area contributed by atoms with Crippen LogP contribution in [0.5, 0.6) is 0 Å². The Morgan fingerprint density at radius 2 is 2.17 bits per heavy atom. The normalized spacial score (nSPS) is 21.3. The zero-order valence-corrected chi connectivity index (χ0v) is 16.8. The van der Waals surface area contributed by atoms with Gasteiger partial charge in [-0.25, -0.2) is 0 Å². The van der Waals surface area contributed by atoms with E-state index in [1.165, 1.54) is 0 Å². The summed E-state index contributed by atoms with van der Waals surface area (Å²) in [5.41, 5.74) is 0.269. The molecule has 3 N–H and O–H groups in total. The van der Waals surface area contributed by atoms with Gasteiger partial charge >= 0.3 is 0 Å². The topological polar surface area (TPSA) is 107 Å². The summed E-state index contributed by atoms with van der Waals surface area (Å²) in [6.45, 7) is 3.73. The Kier molecular flexibility index (Phi) is 5.27. The summed E-state index contributed by atoms with van der Waals surface area (Å²) in [7, 11) is 0. The predicted octanol–water partition coefficient (Wildman–Crippen LogP) is 2.72. The number of carbonyl (C=O) groups is 2. The number of halogens is 1. The van der Waals surface area contributed by atoms with Crippen LogP contribution in [0.3, 0.4) is 0 Å². The number of nitrogens with one attached hydrogen (secondary N) is 3. The molecular weight excluding hydrogens is 394 g/mol. The zero-order valence-electron chi connectivity index (χ0n) is 16.0. The van der Waals surface area contributed by atoms with E-state index >= 15 is 0 Å². The Morgan fingerprint density at radius 1 is 1.34 bits per heavy atom. The Labute approximate surface area is 172 Å². The molecule has 152 valence electrons. The molecule has 8 nitrogen and oxygen atoms in total. The van der Waals surface area contributed by atoms with E-state index in [2.05, 4.69) is 27.5 Å². The van der Waals surface area contributed by atoms with Gasteiger partial charge in [-0.2, -0.15) is 4.98 Å². The van der Waals surface area contributed by atoms with Crippen molar-refractivity contribution in [2.24, 2.45) is 5.92 Å². The fraction of sp³-hybridized carbons (Fsp3) is 0.400. The number of aromatic amines is 1. The summed E-state index contributed by atoms with van der Waals surface area (Å²) in [6, 6.07) is 6.70. The molecule has 2 atom stereocenters. The van der Waals surface area contributed by atoms with Crippen LogP contribution in [-0.2, 0) is 9.59 Å². The van der Waals surface area contributed by atoms with Crippen LogP contribution in [0.4, 0.5) is 17.5 Å². The molecule has 0 bridgehead atoms. The number of rotatable bonds is 3. The predicted molar refractivity (Wildman–Crippen MR) is 112 cm³/mol. The lowest BCUT2D eigenvalue weighted by Gasteiger charge is -2.32. The first-order valence-corrected chi connectivity index (χ1v) is 10.0. The van der Waals surface area contributed by atoms with Crippen LogP contribution in [0.25, 0.3) is 0 Å². The van der Waals surface area contributed by atoms with Crippen LogP contribution in [0, 0.1) is 5.92 Å². The van der Waals surface area contributed by atoms with Crippen molar-refractivity contribution in [3.05, 3.63) is 45.2 Å². The maximum atomic E-state index is 12.9. The average Bonchev–Trinajstić information content (AvgIpc) is 2.67. The molecule has 4 rings (SSSR count). The molecule has 1 fully saturated rings. The highest BCUT2D eigenvalue weighted by molar-refractivity contribution is 6.30. The minimum absolute atomic E-state index is 0.121. The highest BCUT2D eigenvalue weighted by Crippen LogP contribution is 2.31. The van der Waals surface area contributed by atoms with Crippen molar-refractivity contribution in [1.82, 2.24) is 9.97 Å². The molecule has 1 saturated heterocycles. The van der Waals surface area contributed by atoms with E-state index in [4.69, 9.17) is 11.6 Å². The first kappa shape index (κ1) is 19.4. The van der Waals surface area contributed by atoms with Gasteiger partial charge in [0.1, 0.15) is 5.82 Å². The number of amides is 2. The maximum Gasteiger partial charge on any atom is 0.258 e. The van der Waals surface area contributed by atoms with E-state index in [1.54, 1.807) is 24.3 Å². The second kappa shape index (κ2) is 7.87. The molecule has 1 aromatic heterocycles. The molecule has 0 saturated carbocycles. The molecular formula is C20H22ClN5O3. The van der Waals surface area contributed by atoms with Crippen LogP contribution < -0.4 is 21.1 Å². The third-order valence-corrected chi connectivity index (χ3v) is 5.54. The van der Waals surface area contributed by atoms with Gasteiger partial charge in [-0.15, -0.1) is 0 Å². The van der Waals surface area contributed by atoms with Gasteiger partial charge in [0.25, 0.3) is 5.56 Å². The highest BCUT2D eigenvalue weighted by Gasteiger charge is 2.35. The number of fused-ring (bicyclic) bond motifs is 1. The van der Waals surface area contributed by atoms with Gasteiger partial charge in [0, 0.05) is 30.2 Å². The number of aromatic nitrogens is 2. The summed E-state index contributed by atoms with van der Waals surface area (Å²) < 4.78 is 0. The molecule has 0 spiro atoms. The summed E-state index contributed by atoms with van der Waals surface area (Å²) in [5, 5.41) is 5.86. The van der Waals surface area contributed by atoms with Crippen LogP contribution in [0.2, 0.25) is 5.02 Å². The summed E-state index contributed by atoms with van der Waals surface area (Å²) in [6.07, 6.45) is 2.03. The summed E-state index contributed by atoms with van der Waals surface area (Å²) in [4.78, 5) is 47.2. The van der Waals surface area contributed by atoms with Gasteiger partial charge < -0.3 is 15.5 Å². The molecule has 29 heavy (non-hydrogen) atoms. The van der Waals surface area contributed by atoms with Crippen LogP contribution in [0.1, 0.15) is 37.7 Å². The van der Waals surface area contributed by atoms with E-state index < -0.39 is 17.4 Å². The fourth-order valence-corrected chi connectivity index (χ4v) is 4.10. The summed E-state index contributed by atoms with van der Waals surface area (Å²) >= 11 is 5.96. The first-order valence-electron chi connectivity index (χ1n) is 9.66. The second-order valence-electron chi connectivity index (χ2n) is 7.65. The minimum Gasteiger partial charge on any atom is -0.342 e. The van der Waals surface area contributed by atoms with Gasteiger partial charge in [0.15, 0.2) is 0 Å². The summed E-state index contributed by atoms with van der Waals surface area (Å²) in [5.74, 6) is -0.644. The molecule has 2 aliphatic rings.